The van der Waals surface area contributed by atoms with Gasteiger partial charge in [0.05, 0.1) is 5.92 Å². The molecule has 0 heterocycles. The molecule has 1 amide bonds. The van der Waals surface area contributed by atoms with Crippen LogP contribution in [-0.4, -0.2) is 35.0 Å². The average Bonchev–Trinajstić information content (AvgIpc) is 2.45. The summed E-state index contributed by atoms with van der Waals surface area (Å²) in [4.78, 5) is 24.3. The smallest absolute Gasteiger partial charge is 0.308 e. The Morgan fingerprint density at radius 3 is 2.52 bits per heavy atom. The number of rotatable bonds is 7. The first-order chi connectivity index (χ1) is 9.93. The first-order valence-corrected chi connectivity index (χ1v) is 6.50. The van der Waals surface area contributed by atoms with Crippen molar-refractivity contribution in [1.82, 2.24) is 4.90 Å². The highest BCUT2D eigenvalue weighted by Gasteiger charge is 2.17. The second kappa shape index (κ2) is 7.99. The number of hydrogen-bond donors (Lipinski definition) is 1. The van der Waals surface area contributed by atoms with Gasteiger partial charge in [-0.05, 0) is 23.8 Å². The number of carboxylic acids is 1. The van der Waals surface area contributed by atoms with E-state index >= 15 is 0 Å². The summed E-state index contributed by atoms with van der Waals surface area (Å²) in [6, 6.07) is 5.71. The first kappa shape index (κ1) is 16.6. The summed E-state index contributed by atoms with van der Waals surface area (Å²) in [6.07, 6.45) is 4.44. The van der Waals surface area contributed by atoms with E-state index in [1.807, 2.05) is 0 Å². The van der Waals surface area contributed by atoms with Gasteiger partial charge in [-0.1, -0.05) is 25.1 Å². The summed E-state index contributed by atoms with van der Waals surface area (Å²) in [7, 11) is 0. The van der Waals surface area contributed by atoms with Crippen molar-refractivity contribution in [3.8, 4) is 0 Å². The van der Waals surface area contributed by atoms with Crippen LogP contribution in [0.15, 0.2) is 43.0 Å². The van der Waals surface area contributed by atoms with E-state index in [-0.39, 0.29) is 24.8 Å². The predicted molar refractivity (Wildman–Crippen MR) is 79.0 cm³/mol. The quantitative estimate of drug-likeness (QED) is 0.620. The zero-order valence-electron chi connectivity index (χ0n) is 11.8. The zero-order chi connectivity index (χ0) is 15.8. The standard InChI is InChI=1S/C16H18FNO3/c1-3-10-18(11-12(2)16(20)21)15(19)9-6-13-4-7-14(17)8-5-13/h3-9,12H,1,10-11H2,2H3,(H,20,21)/b9-6+. The van der Waals surface area contributed by atoms with Gasteiger partial charge in [0.25, 0.3) is 0 Å². The van der Waals surface area contributed by atoms with E-state index in [9.17, 15) is 14.0 Å². The summed E-state index contributed by atoms with van der Waals surface area (Å²) in [6.45, 7) is 5.47. The fourth-order valence-corrected chi connectivity index (χ4v) is 1.67. The Labute approximate surface area is 123 Å². The molecule has 0 aromatic heterocycles. The number of aliphatic carboxylic acids is 1. The molecule has 0 fully saturated rings. The summed E-state index contributed by atoms with van der Waals surface area (Å²) < 4.78 is 12.8. The molecule has 0 aliphatic heterocycles. The van der Waals surface area contributed by atoms with Gasteiger partial charge in [-0.15, -0.1) is 6.58 Å². The number of amides is 1. The van der Waals surface area contributed by atoms with Gasteiger partial charge in [-0.25, -0.2) is 4.39 Å². The lowest BCUT2D eigenvalue weighted by molar-refractivity contribution is -0.142. The average molecular weight is 291 g/mol. The van der Waals surface area contributed by atoms with Gasteiger partial charge >= 0.3 is 5.97 Å². The van der Waals surface area contributed by atoms with Gasteiger partial charge in [-0.3, -0.25) is 9.59 Å². The van der Waals surface area contributed by atoms with Crippen LogP contribution in [0.2, 0.25) is 0 Å². The molecular formula is C16H18FNO3. The van der Waals surface area contributed by atoms with Crippen molar-refractivity contribution in [1.29, 1.82) is 0 Å². The highest BCUT2D eigenvalue weighted by atomic mass is 19.1. The minimum Gasteiger partial charge on any atom is -0.481 e. The van der Waals surface area contributed by atoms with Crippen LogP contribution in [0.4, 0.5) is 4.39 Å². The number of nitrogens with zero attached hydrogens (tertiary/aromatic N) is 1. The highest BCUT2D eigenvalue weighted by molar-refractivity contribution is 5.92. The minimum atomic E-state index is -0.959. The minimum absolute atomic E-state index is 0.105. The van der Waals surface area contributed by atoms with Crippen LogP contribution in [0.1, 0.15) is 12.5 Å². The molecule has 1 aromatic carbocycles. The Bertz CT molecular complexity index is 537. The molecule has 0 saturated carbocycles. The molecule has 4 nitrogen and oxygen atoms in total. The third kappa shape index (κ3) is 5.60. The maximum atomic E-state index is 12.8. The molecule has 1 rings (SSSR count). The van der Waals surface area contributed by atoms with Crippen molar-refractivity contribution in [3.05, 3.63) is 54.4 Å². The number of carbonyl (C=O) groups is 2. The molecule has 0 bridgehead atoms. The first-order valence-electron chi connectivity index (χ1n) is 6.50. The van der Waals surface area contributed by atoms with Crippen molar-refractivity contribution < 1.29 is 19.1 Å². The van der Waals surface area contributed by atoms with Gasteiger partial charge in [0.2, 0.25) is 5.91 Å². The van der Waals surface area contributed by atoms with Crippen molar-refractivity contribution in [3.63, 3.8) is 0 Å². The fourth-order valence-electron chi connectivity index (χ4n) is 1.67. The van der Waals surface area contributed by atoms with E-state index in [1.54, 1.807) is 18.2 Å². The summed E-state index contributed by atoms with van der Waals surface area (Å²) in [5.74, 6) is -2.28. The molecule has 1 unspecified atom stereocenters. The van der Waals surface area contributed by atoms with Crippen molar-refractivity contribution >= 4 is 18.0 Å². The van der Waals surface area contributed by atoms with E-state index in [4.69, 9.17) is 5.11 Å². The van der Waals surface area contributed by atoms with E-state index in [1.165, 1.54) is 36.1 Å². The maximum Gasteiger partial charge on any atom is 0.308 e. The number of carboxylic acid groups (broad SMARTS) is 1. The topological polar surface area (TPSA) is 57.6 Å². The molecule has 0 aliphatic rings. The van der Waals surface area contributed by atoms with Crippen LogP contribution in [0, 0.1) is 11.7 Å². The lowest BCUT2D eigenvalue weighted by Gasteiger charge is -2.21. The Morgan fingerprint density at radius 2 is 2.00 bits per heavy atom. The van der Waals surface area contributed by atoms with Gasteiger partial charge in [-0.2, -0.15) is 0 Å². The summed E-state index contributed by atoms with van der Waals surface area (Å²) in [5, 5.41) is 8.90. The molecule has 0 spiro atoms. The normalized spacial score (nSPS) is 12.1. The summed E-state index contributed by atoms with van der Waals surface area (Å²) in [5.41, 5.74) is 0.689. The SMILES string of the molecule is C=CCN(CC(C)C(=O)O)C(=O)/C=C/c1ccc(F)cc1. The number of halogens is 1. The van der Waals surface area contributed by atoms with Gasteiger partial charge in [0.15, 0.2) is 0 Å². The molecule has 21 heavy (non-hydrogen) atoms. The monoisotopic (exact) mass is 291 g/mol. The number of hydrogen-bond acceptors (Lipinski definition) is 2. The van der Waals surface area contributed by atoms with E-state index in [0.29, 0.717) is 5.56 Å². The largest absolute Gasteiger partial charge is 0.481 e. The van der Waals surface area contributed by atoms with Crippen LogP contribution in [0.5, 0.6) is 0 Å². The Kier molecular flexibility index (Phi) is 6.33. The van der Waals surface area contributed by atoms with Crippen LogP contribution >= 0.6 is 0 Å². The van der Waals surface area contributed by atoms with E-state index < -0.39 is 11.9 Å². The fraction of sp³-hybridized carbons (Fsp3) is 0.250. The molecule has 0 aliphatic carbocycles. The van der Waals surface area contributed by atoms with Crippen molar-refractivity contribution in [2.75, 3.05) is 13.1 Å². The maximum absolute atomic E-state index is 12.8. The van der Waals surface area contributed by atoms with E-state index in [2.05, 4.69) is 6.58 Å². The summed E-state index contributed by atoms with van der Waals surface area (Å²) >= 11 is 0. The molecule has 112 valence electrons. The highest BCUT2D eigenvalue weighted by Crippen LogP contribution is 2.07. The molecule has 0 radical (unpaired) electrons. The van der Waals surface area contributed by atoms with Crippen LogP contribution in [0.3, 0.4) is 0 Å². The number of carbonyl (C=O) groups excluding carboxylic acids is 1. The van der Waals surface area contributed by atoms with Crippen LogP contribution in [-0.2, 0) is 9.59 Å². The van der Waals surface area contributed by atoms with Crippen LogP contribution in [0.25, 0.3) is 6.08 Å². The second-order valence-corrected chi connectivity index (χ2v) is 4.66. The Balaban J connectivity index is 2.74. The molecule has 5 heteroatoms. The molecule has 1 atom stereocenters. The van der Waals surface area contributed by atoms with Gasteiger partial charge < -0.3 is 10.0 Å². The molecule has 0 saturated heterocycles. The van der Waals surface area contributed by atoms with Crippen molar-refractivity contribution in [2.45, 2.75) is 6.92 Å². The number of benzene rings is 1. The van der Waals surface area contributed by atoms with Crippen molar-refractivity contribution in [2.24, 2.45) is 5.92 Å². The lowest BCUT2D eigenvalue weighted by Crippen LogP contribution is -2.36. The molecule has 1 aromatic rings. The third-order valence-corrected chi connectivity index (χ3v) is 2.87. The lowest BCUT2D eigenvalue weighted by atomic mass is 10.1. The Hall–Kier alpha value is -2.43. The van der Waals surface area contributed by atoms with E-state index in [0.717, 1.165) is 0 Å². The molecule has 1 N–H and O–H groups in total. The van der Waals surface area contributed by atoms with Crippen LogP contribution < -0.4 is 0 Å². The van der Waals surface area contributed by atoms with Gasteiger partial charge in [0, 0.05) is 19.2 Å². The van der Waals surface area contributed by atoms with Gasteiger partial charge in [0.1, 0.15) is 5.82 Å². The second-order valence-electron chi connectivity index (χ2n) is 4.66. The zero-order valence-corrected chi connectivity index (χ0v) is 11.8. The molecular weight excluding hydrogens is 273 g/mol. The Morgan fingerprint density at radius 1 is 1.38 bits per heavy atom. The third-order valence-electron chi connectivity index (χ3n) is 2.87. The predicted octanol–water partition coefficient (Wildman–Crippen LogP) is 2.57.